The first-order valence-electron chi connectivity index (χ1n) is 7.81. The second-order valence-electron chi connectivity index (χ2n) is 5.81. The van der Waals surface area contributed by atoms with Crippen molar-refractivity contribution >= 4 is 23.2 Å². The topological polar surface area (TPSA) is 32.3 Å². The Hall–Kier alpha value is -1.84. The number of aryl methyl sites for hydroxylation is 2. The third-order valence-corrected chi connectivity index (χ3v) is 3.99. The van der Waals surface area contributed by atoms with Crippen LogP contribution in [0, 0.1) is 6.92 Å². The summed E-state index contributed by atoms with van der Waals surface area (Å²) in [5.74, 6) is -0.00136. The number of para-hydroxylation sites is 1. The van der Waals surface area contributed by atoms with Crippen molar-refractivity contribution in [2.45, 2.75) is 26.8 Å². The minimum atomic E-state index is -0.00136. The maximum Gasteiger partial charge on any atom is 0.238 e. The largest absolute Gasteiger partial charge is 0.324 e. The second kappa shape index (κ2) is 8.14. The maximum atomic E-state index is 12.3. The summed E-state index contributed by atoms with van der Waals surface area (Å²) in [6, 6.07) is 13.8. The van der Waals surface area contributed by atoms with Gasteiger partial charge in [-0.15, -0.1) is 0 Å². The molecule has 0 bridgehead atoms. The second-order valence-corrected chi connectivity index (χ2v) is 6.25. The van der Waals surface area contributed by atoms with E-state index < -0.39 is 0 Å². The molecule has 2 rings (SSSR count). The van der Waals surface area contributed by atoms with Gasteiger partial charge in [0.1, 0.15) is 0 Å². The number of likely N-dealkylation sites (N-methyl/N-ethyl adjacent to an activating group) is 1. The molecule has 0 aliphatic carbocycles. The Labute approximate surface area is 143 Å². The number of nitrogens with one attached hydrogen (secondary N) is 1. The van der Waals surface area contributed by atoms with E-state index in [0.717, 1.165) is 28.8 Å². The molecule has 0 saturated carbocycles. The fourth-order valence-electron chi connectivity index (χ4n) is 2.63. The maximum absolute atomic E-state index is 12.3. The van der Waals surface area contributed by atoms with Gasteiger partial charge in [0, 0.05) is 17.3 Å². The van der Waals surface area contributed by atoms with Gasteiger partial charge in [0.15, 0.2) is 0 Å². The van der Waals surface area contributed by atoms with E-state index in [0.29, 0.717) is 18.1 Å². The van der Waals surface area contributed by atoms with Gasteiger partial charge in [-0.2, -0.15) is 0 Å². The van der Waals surface area contributed by atoms with Crippen LogP contribution in [-0.4, -0.2) is 24.4 Å². The first-order chi connectivity index (χ1) is 11.0. The number of carbonyl (C=O) groups excluding carboxylic acids is 1. The van der Waals surface area contributed by atoms with Crippen LogP contribution in [-0.2, 0) is 17.8 Å². The molecule has 0 aliphatic heterocycles. The number of nitrogens with zero attached hydrogens (tertiary/aromatic N) is 1. The number of amides is 1. The van der Waals surface area contributed by atoms with E-state index in [9.17, 15) is 4.79 Å². The summed E-state index contributed by atoms with van der Waals surface area (Å²) in [5, 5.41) is 3.77. The van der Waals surface area contributed by atoms with Crippen molar-refractivity contribution in [2.24, 2.45) is 0 Å². The van der Waals surface area contributed by atoms with Crippen LogP contribution in [0.4, 0.5) is 5.69 Å². The van der Waals surface area contributed by atoms with Crippen LogP contribution in [0.3, 0.4) is 0 Å². The molecule has 0 aromatic heterocycles. The van der Waals surface area contributed by atoms with Gasteiger partial charge in [0.05, 0.1) is 6.54 Å². The number of rotatable bonds is 6. The Balaban J connectivity index is 1.97. The summed E-state index contributed by atoms with van der Waals surface area (Å²) in [5.41, 5.74) is 4.29. The highest BCUT2D eigenvalue weighted by Crippen LogP contribution is 2.21. The Morgan fingerprint density at radius 1 is 1.22 bits per heavy atom. The van der Waals surface area contributed by atoms with Gasteiger partial charge >= 0.3 is 0 Å². The molecule has 0 aliphatic rings. The van der Waals surface area contributed by atoms with Gasteiger partial charge in [-0.3, -0.25) is 9.69 Å². The van der Waals surface area contributed by atoms with E-state index in [1.165, 1.54) is 0 Å². The lowest BCUT2D eigenvalue weighted by molar-refractivity contribution is -0.117. The van der Waals surface area contributed by atoms with Crippen LogP contribution in [0.15, 0.2) is 42.5 Å². The van der Waals surface area contributed by atoms with Crippen LogP contribution in [0.2, 0.25) is 5.02 Å². The lowest BCUT2D eigenvalue weighted by Gasteiger charge is -2.18. The monoisotopic (exact) mass is 330 g/mol. The van der Waals surface area contributed by atoms with E-state index >= 15 is 0 Å². The zero-order chi connectivity index (χ0) is 16.8. The number of anilines is 1. The van der Waals surface area contributed by atoms with Crippen molar-refractivity contribution in [3.63, 3.8) is 0 Å². The van der Waals surface area contributed by atoms with Crippen molar-refractivity contribution in [1.29, 1.82) is 0 Å². The standard InChI is InChI=1S/C19H23ClN2O/c1-4-16-9-5-7-14(2)19(16)21-18(23)13-22(3)12-15-8-6-10-17(20)11-15/h5-11H,4,12-13H2,1-3H3,(H,21,23). The smallest absolute Gasteiger partial charge is 0.238 e. The molecule has 1 N–H and O–H groups in total. The van der Waals surface area contributed by atoms with Crippen molar-refractivity contribution in [3.8, 4) is 0 Å². The van der Waals surface area contributed by atoms with Gasteiger partial charge in [-0.05, 0) is 49.2 Å². The zero-order valence-corrected chi connectivity index (χ0v) is 14.7. The molecule has 2 aromatic carbocycles. The molecule has 1 amide bonds. The lowest BCUT2D eigenvalue weighted by atomic mass is 10.1. The van der Waals surface area contributed by atoms with Crippen LogP contribution in [0.5, 0.6) is 0 Å². The van der Waals surface area contributed by atoms with Crippen molar-refractivity contribution in [2.75, 3.05) is 18.9 Å². The summed E-state index contributed by atoms with van der Waals surface area (Å²) in [6.07, 6.45) is 0.898. The number of carbonyl (C=O) groups is 1. The Morgan fingerprint density at radius 3 is 2.65 bits per heavy atom. The SMILES string of the molecule is CCc1cccc(C)c1NC(=O)CN(C)Cc1cccc(Cl)c1. The van der Waals surface area contributed by atoms with E-state index in [1.807, 2.05) is 55.3 Å². The van der Waals surface area contributed by atoms with Crippen LogP contribution in [0.1, 0.15) is 23.6 Å². The molecule has 0 radical (unpaired) electrons. The summed E-state index contributed by atoms with van der Waals surface area (Å²) < 4.78 is 0. The fourth-order valence-corrected chi connectivity index (χ4v) is 2.84. The number of hydrogen-bond donors (Lipinski definition) is 1. The predicted octanol–water partition coefficient (Wildman–Crippen LogP) is 4.28. The molecule has 0 fully saturated rings. The van der Waals surface area contributed by atoms with E-state index in [4.69, 9.17) is 11.6 Å². The fraction of sp³-hybridized carbons (Fsp3) is 0.316. The van der Waals surface area contributed by atoms with Crippen LogP contribution >= 0.6 is 11.6 Å². The molecule has 0 saturated heterocycles. The molecule has 122 valence electrons. The summed E-state index contributed by atoms with van der Waals surface area (Å²) in [6.45, 7) is 5.13. The van der Waals surface area contributed by atoms with Gasteiger partial charge in [0.25, 0.3) is 0 Å². The minimum absolute atomic E-state index is 0.00136. The summed E-state index contributed by atoms with van der Waals surface area (Å²) in [4.78, 5) is 14.3. The highest BCUT2D eigenvalue weighted by atomic mass is 35.5. The number of hydrogen-bond acceptors (Lipinski definition) is 2. The lowest BCUT2D eigenvalue weighted by Crippen LogP contribution is -2.30. The Kier molecular flexibility index (Phi) is 6.20. The van der Waals surface area contributed by atoms with Gasteiger partial charge in [0.2, 0.25) is 5.91 Å². The Morgan fingerprint density at radius 2 is 1.96 bits per heavy atom. The molecule has 0 spiro atoms. The molecule has 4 heteroatoms. The van der Waals surface area contributed by atoms with E-state index in [-0.39, 0.29) is 5.91 Å². The average Bonchev–Trinajstić information content (AvgIpc) is 2.49. The molecule has 3 nitrogen and oxygen atoms in total. The minimum Gasteiger partial charge on any atom is -0.324 e. The number of halogens is 1. The molecule has 23 heavy (non-hydrogen) atoms. The highest BCUT2D eigenvalue weighted by molar-refractivity contribution is 6.30. The van der Waals surface area contributed by atoms with E-state index in [1.54, 1.807) is 0 Å². The predicted molar refractivity (Wildman–Crippen MR) is 97.0 cm³/mol. The molecular weight excluding hydrogens is 308 g/mol. The van der Waals surface area contributed by atoms with Crippen molar-refractivity contribution in [1.82, 2.24) is 4.90 Å². The quantitative estimate of drug-likeness (QED) is 0.857. The van der Waals surface area contributed by atoms with Crippen LogP contribution < -0.4 is 5.32 Å². The summed E-state index contributed by atoms with van der Waals surface area (Å²) in [7, 11) is 1.93. The molecule has 0 atom stereocenters. The first-order valence-corrected chi connectivity index (χ1v) is 8.18. The van der Waals surface area contributed by atoms with Crippen molar-refractivity contribution < 1.29 is 4.79 Å². The third kappa shape index (κ3) is 5.08. The summed E-state index contributed by atoms with van der Waals surface area (Å²) >= 11 is 5.99. The zero-order valence-electron chi connectivity index (χ0n) is 13.9. The molecule has 0 unspecified atom stereocenters. The van der Waals surface area contributed by atoms with Gasteiger partial charge < -0.3 is 5.32 Å². The third-order valence-electron chi connectivity index (χ3n) is 3.76. The normalized spacial score (nSPS) is 10.8. The molecule has 0 heterocycles. The average molecular weight is 331 g/mol. The molecular formula is C19H23ClN2O. The highest BCUT2D eigenvalue weighted by Gasteiger charge is 2.11. The molecule has 2 aromatic rings. The Bertz CT molecular complexity index is 685. The van der Waals surface area contributed by atoms with Gasteiger partial charge in [-0.1, -0.05) is 48.9 Å². The number of benzene rings is 2. The van der Waals surface area contributed by atoms with E-state index in [2.05, 4.69) is 18.3 Å². The van der Waals surface area contributed by atoms with Crippen molar-refractivity contribution in [3.05, 3.63) is 64.2 Å². The van der Waals surface area contributed by atoms with Crippen LogP contribution in [0.25, 0.3) is 0 Å². The first kappa shape index (κ1) is 17.5. The van der Waals surface area contributed by atoms with Gasteiger partial charge in [-0.25, -0.2) is 0 Å².